The van der Waals surface area contributed by atoms with Gasteiger partial charge in [-0.05, 0) is 23.3 Å². The zero-order valence-corrected chi connectivity index (χ0v) is 13.6. The number of para-hydroxylation sites is 1. The summed E-state index contributed by atoms with van der Waals surface area (Å²) in [6, 6.07) is 25.7. The smallest absolute Gasteiger partial charge is 0.0922 e. The van der Waals surface area contributed by atoms with Crippen molar-refractivity contribution >= 4 is 21.8 Å². The third kappa shape index (κ3) is 2.32. The third-order valence-corrected chi connectivity index (χ3v) is 4.83. The lowest BCUT2D eigenvalue weighted by Gasteiger charge is -2.16. The van der Waals surface area contributed by atoms with Crippen molar-refractivity contribution in [3.63, 3.8) is 0 Å². The number of nitrogens with one attached hydrogen (secondary N) is 2. The van der Waals surface area contributed by atoms with Gasteiger partial charge in [-0.2, -0.15) is 0 Å². The number of aromatic nitrogens is 3. The predicted molar refractivity (Wildman–Crippen MR) is 102 cm³/mol. The molecule has 3 aromatic carbocycles. The van der Waals surface area contributed by atoms with Crippen LogP contribution in [0.5, 0.6) is 0 Å². The van der Waals surface area contributed by atoms with E-state index in [9.17, 15) is 0 Å². The second-order valence-electron chi connectivity index (χ2n) is 6.33. The predicted octanol–water partition coefficient (Wildman–Crippen LogP) is 5.22. The number of fused-ring (bicyclic) bond motifs is 3. The van der Waals surface area contributed by atoms with Crippen LogP contribution in [0.15, 0.2) is 85.3 Å². The molecule has 1 unspecified atom stereocenters. The Kier molecular flexibility index (Phi) is 3.17. The van der Waals surface area contributed by atoms with Gasteiger partial charge >= 0.3 is 0 Å². The first kappa shape index (κ1) is 14.1. The van der Waals surface area contributed by atoms with Crippen LogP contribution in [0.1, 0.15) is 22.7 Å². The maximum Gasteiger partial charge on any atom is 0.0922 e. The molecule has 1 atom stereocenters. The molecule has 0 amide bonds. The number of H-pyrrole nitrogens is 2. The first-order valence-corrected chi connectivity index (χ1v) is 8.44. The molecule has 25 heavy (non-hydrogen) atoms. The molecular formula is C22H17N3. The van der Waals surface area contributed by atoms with Crippen molar-refractivity contribution < 1.29 is 0 Å². The number of hydrogen-bond donors (Lipinski definition) is 2. The van der Waals surface area contributed by atoms with E-state index in [0.29, 0.717) is 0 Å². The van der Waals surface area contributed by atoms with Crippen LogP contribution in [0.2, 0.25) is 0 Å². The second-order valence-corrected chi connectivity index (χ2v) is 6.33. The number of nitrogens with zero attached hydrogens (tertiary/aromatic N) is 1. The van der Waals surface area contributed by atoms with E-state index >= 15 is 0 Å². The van der Waals surface area contributed by atoms with Crippen LogP contribution in [-0.4, -0.2) is 15.0 Å². The molecule has 0 aliphatic carbocycles. The van der Waals surface area contributed by atoms with Gasteiger partial charge in [0.05, 0.1) is 12.2 Å². The Morgan fingerprint density at radius 1 is 0.720 bits per heavy atom. The number of benzene rings is 3. The number of hydrogen-bond acceptors (Lipinski definition) is 1. The van der Waals surface area contributed by atoms with Gasteiger partial charge in [0.1, 0.15) is 0 Å². The van der Waals surface area contributed by atoms with E-state index in [-0.39, 0.29) is 5.92 Å². The normalized spacial score (nSPS) is 12.6. The molecule has 2 heterocycles. The van der Waals surface area contributed by atoms with Crippen LogP contribution in [0.3, 0.4) is 0 Å². The minimum Gasteiger partial charge on any atom is -0.355 e. The third-order valence-electron chi connectivity index (χ3n) is 4.83. The fourth-order valence-corrected chi connectivity index (χ4v) is 3.67. The highest BCUT2D eigenvalue weighted by molar-refractivity contribution is 6.07. The minimum absolute atomic E-state index is 0.138. The monoisotopic (exact) mass is 323 g/mol. The van der Waals surface area contributed by atoms with E-state index < -0.39 is 0 Å². The average Bonchev–Trinajstić information content (AvgIpc) is 3.30. The Morgan fingerprint density at radius 3 is 2.36 bits per heavy atom. The molecule has 0 saturated carbocycles. The van der Waals surface area contributed by atoms with E-state index in [1.54, 1.807) is 6.33 Å². The van der Waals surface area contributed by atoms with Crippen molar-refractivity contribution in [2.75, 3.05) is 0 Å². The molecule has 3 nitrogen and oxygen atoms in total. The maximum atomic E-state index is 4.23. The zero-order valence-electron chi connectivity index (χ0n) is 13.6. The minimum atomic E-state index is 0.138. The maximum absolute atomic E-state index is 4.23. The van der Waals surface area contributed by atoms with Gasteiger partial charge in [0.15, 0.2) is 0 Å². The molecule has 0 radical (unpaired) electrons. The van der Waals surface area contributed by atoms with Gasteiger partial charge in [0, 0.05) is 33.7 Å². The summed E-state index contributed by atoms with van der Waals surface area (Å²) in [5.41, 5.74) is 5.94. The SMILES string of the molecule is c1ccc(C(c2ccc3c(c2)[nH]c2ccccc23)c2cnc[nH]2)cc1. The zero-order chi connectivity index (χ0) is 16.6. The van der Waals surface area contributed by atoms with Crippen LogP contribution < -0.4 is 0 Å². The topological polar surface area (TPSA) is 44.5 Å². The van der Waals surface area contributed by atoms with E-state index in [0.717, 1.165) is 5.69 Å². The van der Waals surface area contributed by atoms with Crippen LogP contribution in [0.25, 0.3) is 21.8 Å². The highest BCUT2D eigenvalue weighted by atomic mass is 14.9. The van der Waals surface area contributed by atoms with E-state index in [1.165, 1.54) is 32.9 Å². The summed E-state index contributed by atoms with van der Waals surface area (Å²) in [4.78, 5) is 11.1. The van der Waals surface area contributed by atoms with Gasteiger partial charge in [0.2, 0.25) is 0 Å². The Balaban J connectivity index is 1.72. The molecule has 5 aromatic rings. The lowest BCUT2D eigenvalue weighted by atomic mass is 9.88. The van der Waals surface area contributed by atoms with Gasteiger partial charge in [-0.15, -0.1) is 0 Å². The molecule has 0 bridgehead atoms. The van der Waals surface area contributed by atoms with Gasteiger partial charge in [-0.1, -0.05) is 60.7 Å². The van der Waals surface area contributed by atoms with Crippen LogP contribution in [-0.2, 0) is 0 Å². The summed E-state index contributed by atoms with van der Waals surface area (Å²) in [5, 5.41) is 2.53. The summed E-state index contributed by atoms with van der Waals surface area (Å²) < 4.78 is 0. The lowest BCUT2D eigenvalue weighted by Crippen LogP contribution is -2.03. The molecule has 0 spiro atoms. The summed E-state index contributed by atoms with van der Waals surface area (Å²) in [7, 11) is 0. The van der Waals surface area contributed by atoms with Gasteiger partial charge in [-0.25, -0.2) is 4.98 Å². The number of rotatable bonds is 3. The average molecular weight is 323 g/mol. The van der Waals surface area contributed by atoms with E-state index in [2.05, 4.69) is 87.7 Å². The Morgan fingerprint density at radius 2 is 1.52 bits per heavy atom. The summed E-state index contributed by atoms with van der Waals surface area (Å²) in [6.45, 7) is 0. The number of imidazole rings is 1. The van der Waals surface area contributed by atoms with Crippen LogP contribution in [0.4, 0.5) is 0 Å². The molecule has 0 fully saturated rings. The molecule has 2 N–H and O–H groups in total. The fourth-order valence-electron chi connectivity index (χ4n) is 3.67. The molecular weight excluding hydrogens is 306 g/mol. The van der Waals surface area contributed by atoms with E-state index in [1.807, 2.05) is 6.20 Å². The first-order chi connectivity index (χ1) is 12.4. The first-order valence-electron chi connectivity index (χ1n) is 8.44. The van der Waals surface area contributed by atoms with Crippen molar-refractivity contribution in [1.82, 2.24) is 15.0 Å². The Bertz CT molecular complexity index is 1140. The fraction of sp³-hybridized carbons (Fsp3) is 0.0455. The standard InChI is InChI=1S/C22H17N3/c1-2-6-15(7-3-1)22(21-13-23-14-24-21)16-10-11-18-17-8-4-5-9-19(17)25-20(18)12-16/h1-14,22,25H,(H,23,24). The van der Waals surface area contributed by atoms with Crippen molar-refractivity contribution in [2.45, 2.75) is 5.92 Å². The second kappa shape index (κ2) is 5.64. The largest absolute Gasteiger partial charge is 0.355 e. The Hall–Kier alpha value is -3.33. The van der Waals surface area contributed by atoms with Gasteiger partial charge < -0.3 is 9.97 Å². The molecule has 120 valence electrons. The highest BCUT2D eigenvalue weighted by Gasteiger charge is 2.18. The summed E-state index contributed by atoms with van der Waals surface area (Å²) in [5.74, 6) is 0.138. The quantitative estimate of drug-likeness (QED) is 0.469. The molecule has 5 rings (SSSR count). The van der Waals surface area contributed by atoms with Crippen LogP contribution in [0, 0.1) is 0 Å². The summed E-state index contributed by atoms with van der Waals surface area (Å²) >= 11 is 0. The molecule has 2 aromatic heterocycles. The van der Waals surface area contributed by atoms with Crippen molar-refractivity contribution in [3.05, 3.63) is 102 Å². The van der Waals surface area contributed by atoms with Crippen molar-refractivity contribution in [3.8, 4) is 0 Å². The van der Waals surface area contributed by atoms with E-state index in [4.69, 9.17) is 0 Å². The number of aromatic amines is 2. The highest BCUT2D eigenvalue weighted by Crippen LogP contribution is 2.34. The molecule has 3 heteroatoms. The molecule has 0 aliphatic rings. The summed E-state index contributed by atoms with van der Waals surface area (Å²) in [6.07, 6.45) is 3.65. The van der Waals surface area contributed by atoms with Crippen molar-refractivity contribution in [1.29, 1.82) is 0 Å². The van der Waals surface area contributed by atoms with Crippen molar-refractivity contribution in [2.24, 2.45) is 0 Å². The molecule has 0 aliphatic heterocycles. The van der Waals surface area contributed by atoms with Gasteiger partial charge in [-0.3, -0.25) is 0 Å². The Labute approximate surface area is 145 Å². The van der Waals surface area contributed by atoms with Crippen LogP contribution >= 0.6 is 0 Å². The lowest BCUT2D eigenvalue weighted by molar-refractivity contribution is 0.935. The van der Waals surface area contributed by atoms with Gasteiger partial charge in [0.25, 0.3) is 0 Å². The molecule has 0 saturated heterocycles.